The Kier molecular flexibility index (Phi) is 5.45. The van der Waals surface area contributed by atoms with Crippen molar-refractivity contribution in [3.8, 4) is 0 Å². The Morgan fingerprint density at radius 1 is 1.32 bits per heavy atom. The molecule has 4 rings (SSSR count). The molecule has 3 heterocycles. The molecule has 0 unspecified atom stereocenters. The number of aromatic nitrogens is 5. The van der Waals surface area contributed by atoms with Crippen molar-refractivity contribution in [3.05, 3.63) is 0 Å². The monoisotopic (exact) mass is 410 g/mol. The lowest BCUT2D eigenvalue weighted by atomic mass is 10.2. The summed E-state index contributed by atoms with van der Waals surface area (Å²) < 4.78 is 19.8. The number of hydrogen-bond donors (Lipinski definition) is 2. The zero-order valence-electron chi connectivity index (χ0n) is 16.2. The smallest absolute Gasteiger partial charge is 0.191 e. The number of aliphatic hydroxyl groups excluding tert-OH is 1. The number of nitrogens with two attached hydrogens (primary N) is 1. The van der Waals surface area contributed by atoms with Crippen LogP contribution in [0.25, 0.3) is 11.2 Å². The van der Waals surface area contributed by atoms with Crippen LogP contribution in [-0.2, 0) is 14.2 Å². The molecule has 1 saturated heterocycles. The Bertz CT molecular complexity index is 846. The Labute approximate surface area is 167 Å². The summed E-state index contributed by atoms with van der Waals surface area (Å²) in [5.74, 6) is 0.505. The molecule has 1 saturated carbocycles. The van der Waals surface area contributed by atoms with Crippen LogP contribution in [0.3, 0.4) is 0 Å². The van der Waals surface area contributed by atoms with E-state index >= 15 is 0 Å². The number of nitrogen functional groups attached to an aromatic ring is 1. The van der Waals surface area contributed by atoms with E-state index in [9.17, 15) is 0 Å². The van der Waals surface area contributed by atoms with Gasteiger partial charge in [-0.3, -0.25) is 0 Å². The van der Waals surface area contributed by atoms with E-state index in [1.165, 1.54) is 0 Å². The number of anilines is 1. The van der Waals surface area contributed by atoms with Crippen LogP contribution in [0.5, 0.6) is 0 Å². The van der Waals surface area contributed by atoms with Gasteiger partial charge < -0.3 is 25.1 Å². The Morgan fingerprint density at radius 3 is 2.86 bits per heavy atom. The van der Waals surface area contributed by atoms with Crippen molar-refractivity contribution in [1.29, 1.82) is 0 Å². The van der Waals surface area contributed by atoms with Gasteiger partial charge in [0.1, 0.15) is 12.2 Å². The van der Waals surface area contributed by atoms with Gasteiger partial charge in [0.2, 0.25) is 0 Å². The van der Waals surface area contributed by atoms with Crippen LogP contribution in [-0.4, -0.2) is 73.1 Å². The standard InChI is InChI=1S/C17H26N6O4S/c1-4-7-28-16-19-14(18)11-15(20-16)23(22-21-11)9-8-10(25-6-5-24)13-12(9)26-17(2,3)27-13/h9-10,12-13,24H,4-8H2,1-3H3,(H2,18,19,20)/t9-,10+,12+,13-/m1/s1. The molecule has 28 heavy (non-hydrogen) atoms. The third-order valence-electron chi connectivity index (χ3n) is 4.89. The SMILES string of the molecule is CCCSc1nc(N)c2nnn([C@@H]3C[C@H](OCCO)[C@H]4OC(C)(C)O[C@H]43)c2n1. The van der Waals surface area contributed by atoms with E-state index in [0.29, 0.717) is 28.6 Å². The minimum atomic E-state index is -0.721. The van der Waals surface area contributed by atoms with Crippen molar-refractivity contribution >= 4 is 28.7 Å². The Balaban J connectivity index is 1.69. The second-order valence-corrected chi connectivity index (χ2v) is 8.51. The highest BCUT2D eigenvalue weighted by Gasteiger charge is 2.56. The summed E-state index contributed by atoms with van der Waals surface area (Å²) in [7, 11) is 0. The van der Waals surface area contributed by atoms with E-state index in [-0.39, 0.29) is 37.6 Å². The number of ether oxygens (including phenoxy) is 3. The molecular weight excluding hydrogens is 384 g/mol. The van der Waals surface area contributed by atoms with Crippen molar-refractivity contribution < 1.29 is 19.3 Å². The second-order valence-electron chi connectivity index (χ2n) is 7.45. The van der Waals surface area contributed by atoms with Crippen molar-refractivity contribution in [1.82, 2.24) is 25.0 Å². The van der Waals surface area contributed by atoms with Crippen LogP contribution < -0.4 is 5.73 Å². The fourth-order valence-corrected chi connectivity index (χ4v) is 4.53. The molecule has 0 aromatic carbocycles. The largest absolute Gasteiger partial charge is 0.394 e. The third kappa shape index (κ3) is 3.57. The predicted molar refractivity (Wildman–Crippen MR) is 103 cm³/mol. The van der Waals surface area contributed by atoms with Crippen LogP contribution in [0.2, 0.25) is 0 Å². The van der Waals surface area contributed by atoms with Crippen LogP contribution in [0.15, 0.2) is 5.16 Å². The van der Waals surface area contributed by atoms with Gasteiger partial charge in [-0.2, -0.15) is 0 Å². The summed E-state index contributed by atoms with van der Waals surface area (Å²) >= 11 is 1.56. The average Bonchev–Trinajstić information content (AvgIpc) is 3.29. The Hall–Kier alpha value is -1.53. The number of hydrogen-bond acceptors (Lipinski definition) is 10. The van der Waals surface area contributed by atoms with Gasteiger partial charge >= 0.3 is 0 Å². The fourth-order valence-electron chi connectivity index (χ4n) is 3.83. The highest BCUT2D eigenvalue weighted by atomic mass is 32.2. The number of nitrogens with zero attached hydrogens (tertiary/aromatic N) is 5. The number of thioether (sulfide) groups is 1. The molecule has 0 spiro atoms. The molecule has 0 amide bonds. The highest BCUT2D eigenvalue weighted by Crippen LogP contribution is 2.45. The van der Waals surface area contributed by atoms with E-state index in [1.807, 2.05) is 13.8 Å². The zero-order chi connectivity index (χ0) is 19.9. The molecule has 0 radical (unpaired) electrons. The molecule has 0 bridgehead atoms. The molecule has 2 aliphatic rings. The van der Waals surface area contributed by atoms with Gasteiger partial charge in [0.25, 0.3) is 0 Å². The molecule has 2 aromatic heterocycles. The molecule has 10 nitrogen and oxygen atoms in total. The molecular formula is C17H26N6O4S. The van der Waals surface area contributed by atoms with Gasteiger partial charge in [-0.1, -0.05) is 23.9 Å². The minimum absolute atomic E-state index is 0.0448. The lowest BCUT2D eigenvalue weighted by Gasteiger charge is -2.23. The number of fused-ring (bicyclic) bond motifs is 2. The highest BCUT2D eigenvalue weighted by molar-refractivity contribution is 7.99. The van der Waals surface area contributed by atoms with Crippen molar-refractivity contribution in [2.24, 2.45) is 0 Å². The molecule has 4 atom stereocenters. The van der Waals surface area contributed by atoms with Gasteiger partial charge in [0.05, 0.1) is 25.4 Å². The molecule has 3 N–H and O–H groups in total. The van der Waals surface area contributed by atoms with E-state index in [0.717, 1.165) is 12.2 Å². The topological polar surface area (TPSA) is 130 Å². The molecule has 154 valence electrons. The van der Waals surface area contributed by atoms with Gasteiger partial charge in [-0.15, -0.1) is 5.10 Å². The molecule has 11 heteroatoms. The Morgan fingerprint density at radius 2 is 2.11 bits per heavy atom. The van der Waals surface area contributed by atoms with E-state index in [1.54, 1.807) is 16.4 Å². The zero-order valence-corrected chi connectivity index (χ0v) is 17.1. The molecule has 2 fully saturated rings. The first-order chi connectivity index (χ1) is 13.4. The van der Waals surface area contributed by atoms with Crippen LogP contribution in [0.1, 0.15) is 39.7 Å². The average molecular weight is 411 g/mol. The fraction of sp³-hybridized carbons (Fsp3) is 0.765. The van der Waals surface area contributed by atoms with E-state index in [2.05, 4.69) is 27.2 Å². The summed E-state index contributed by atoms with van der Waals surface area (Å²) in [6, 6.07) is -0.168. The van der Waals surface area contributed by atoms with E-state index in [4.69, 9.17) is 25.1 Å². The first-order valence-electron chi connectivity index (χ1n) is 9.53. The minimum Gasteiger partial charge on any atom is -0.394 e. The van der Waals surface area contributed by atoms with Gasteiger partial charge in [-0.25, -0.2) is 14.6 Å². The third-order valence-corrected chi connectivity index (χ3v) is 5.94. The van der Waals surface area contributed by atoms with Crippen LogP contribution in [0.4, 0.5) is 5.82 Å². The van der Waals surface area contributed by atoms with Gasteiger partial charge in [-0.05, 0) is 20.3 Å². The summed E-state index contributed by atoms with van der Waals surface area (Å²) in [4.78, 5) is 8.98. The normalized spacial score (nSPS) is 28.9. The quantitative estimate of drug-likeness (QED) is 0.506. The first-order valence-corrected chi connectivity index (χ1v) is 10.5. The molecule has 1 aliphatic heterocycles. The van der Waals surface area contributed by atoms with E-state index < -0.39 is 5.79 Å². The first kappa shape index (κ1) is 19.8. The number of rotatable bonds is 7. The molecule has 2 aromatic rings. The number of aliphatic hydroxyl groups is 1. The van der Waals surface area contributed by atoms with Crippen LogP contribution >= 0.6 is 11.8 Å². The lowest BCUT2D eigenvalue weighted by Crippen LogP contribution is -2.31. The van der Waals surface area contributed by atoms with Crippen LogP contribution in [0, 0.1) is 0 Å². The predicted octanol–water partition coefficient (Wildman–Crippen LogP) is 1.15. The lowest BCUT2D eigenvalue weighted by molar-refractivity contribution is -0.171. The van der Waals surface area contributed by atoms with Crippen molar-refractivity contribution in [2.45, 2.75) is 68.9 Å². The maximum absolute atomic E-state index is 9.14. The van der Waals surface area contributed by atoms with Gasteiger partial charge in [0.15, 0.2) is 27.9 Å². The van der Waals surface area contributed by atoms with Crippen molar-refractivity contribution in [2.75, 3.05) is 24.7 Å². The summed E-state index contributed by atoms with van der Waals surface area (Å²) in [6.45, 7) is 6.06. The second kappa shape index (κ2) is 7.71. The van der Waals surface area contributed by atoms with Gasteiger partial charge in [0, 0.05) is 12.2 Å². The molecule has 1 aliphatic carbocycles. The van der Waals surface area contributed by atoms with Crippen molar-refractivity contribution in [3.63, 3.8) is 0 Å². The summed E-state index contributed by atoms with van der Waals surface area (Å²) in [6.07, 6.45) is 0.910. The maximum atomic E-state index is 9.14. The summed E-state index contributed by atoms with van der Waals surface area (Å²) in [5.41, 5.74) is 7.17. The maximum Gasteiger partial charge on any atom is 0.191 e. The summed E-state index contributed by atoms with van der Waals surface area (Å²) in [5, 5.41) is 18.3.